The minimum Gasteiger partial charge on any atom is -0.370 e. The minimum absolute atomic E-state index is 0.181. The molecule has 0 aliphatic carbocycles. The van der Waals surface area contributed by atoms with Crippen LogP contribution in [0, 0.1) is 5.92 Å². The molecule has 2 atom stereocenters. The van der Waals surface area contributed by atoms with Gasteiger partial charge in [-0.3, -0.25) is 0 Å². The van der Waals surface area contributed by atoms with Crippen LogP contribution in [0.3, 0.4) is 0 Å². The van der Waals surface area contributed by atoms with E-state index in [0.29, 0.717) is 0 Å². The highest BCUT2D eigenvalue weighted by Crippen LogP contribution is 2.30. The van der Waals surface area contributed by atoms with Gasteiger partial charge >= 0.3 is 0 Å². The van der Waals surface area contributed by atoms with Crippen LogP contribution in [-0.4, -0.2) is 19.1 Å². The predicted octanol–water partition coefficient (Wildman–Crippen LogP) is 4.25. The highest BCUT2D eigenvalue weighted by atomic mass is 35.5. The Balaban J connectivity index is 2.08. The maximum absolute atomic E-state index is 6.49. The van der Waals surface area contributed by atoms with Crippen molar-refractivity contribution in [3.8, 4) is 0 Å². The summed E-state index contributed by atoms with van der Waals surface area (Å²) in [5, 5.41) is 0.873. The van der Waals surface area contributed by atoms with Crippen LogP contribution < -0.4 is 10.6 Å². The van der Waals surface area contributed by atoms with E-state index in [1.165, 1.54) is 36.9 Å². The molecule has 1 saturated heterocycles. The van der Waals surface area contributed by atoms with Crippen molar-refractivity contribution in [3.05, 3.63) is 28.8 Å². The summed E-state index contributed by atoms with van der Waals surface area (Å²) in [5.74, 6) is 0.885. The van der Waals surface area contributed by atoms with E-state index in [1.807, 2.05) is 6.92 Å². The largest absolute Gasteiger partial charge is 0.370 e. The third-order valence-electron chi connectivity index (χ3n) is 4.34. The van der Waals surface area contributed by atoms with E-state index in [-0.39, 0.29) is 6.04 Å². The molecule has 1 aromatic carbocycles. The predicted molar refractivity (Wildman–Crippen MR) is 88.7 cm³/mol. The molecule has 1 heterocycles. The van der Waals surface area contributed by atoms with Gasteiger partial charge in [-0.25, -0.2) is 0 Å². The number of nitrogens with zero attached hydrogens (tertiary/aromatic N) is 1. The van der Waals surface area contributed by atoms with Gasteiger partial charge in [0.2, 0.25) is 0 Å². The van der Waals surface area contributed by atoms with Gasteiger partial charge in [-0.15, -0.1) is 0 Å². The number of hydrogen-bond acceptors (Lipinski definition) is 2. The zero-order valence-electron chi connectivity index (χ0n) is 12.7. The second kappa shape index (κ2) is 7.33. The van der Waals surface area contributed by atoms with Crippen molar-refractivity contribution in [2.45, 2.75) is 52.0 Å². The van der Waals surface area contributed by atoms with Gasteiger partial charge in [-0.05, 0) is 56.2 Å². The zero-order valence-corrected chi connectivity index (χ0v) is 13.5. The molecule has 0 radical (unpaired) electrons. The second-order valence-electron chi connectivity index (χ2n) is 6.16. The van der Waals surface area contributed by atoms with E-state index in [1.54, 1.807) is 0 Å². The number of anilines is 1. The summed E-state index contributed by atoms with van der Waals surface area (Å²) in [7, 11) is 0. The maximum Gasteiger partial charge on any atom is 0.0642 e. The molecule has 1 aliphatic rings. The highest BCUT2D eigenvalue weighted by Gasteiger charge is 2.17. The number of hydrogen-bond donors (Lipinski definition) is 1. The highest BCUT2D eigenvalue weighted by molar-refractivity contribution is 6.33. The van der Waals surface area contributed by atoms with Gasteiger partial charge in [0.15, 0.2) is 0 Å². The van der Waals surface area contributed by atoms with Gasteiger partial charge in [-0.1, -0.05) is 31.0 Å². The van der Waals surface area contributed by atoms with Crippen LogP contribution in [0.4, 0.5) is 5.69 Å². The summed E-state index contributed by atoms with van der Waals surface area (Å²) in [4.78, 5) is 2.45. The Bertz CT molecular complexity index is 431. The molecule has 0 saturated carbocycles. The molecule has 1 aliphatic heterocycles. The van der Waals surface area contributed by atoms with Crippen molar-refractivity contribution in [3.63, 3.8) is 0 Å². The van der Waals surface area contributed by atoms with E-state index >= 15 is 0 Å². The van der Waals surface area contributed by atoms with E-state index in [9.17, 15) is 0 Å². The standard InChI is InChI=1S/C17H27ClN2/c1-3-14-5-4-9-20(10-8-14)17-7-6-15(11-13(2)19)12-16(17)18/h6-7,12-14H,3-5,8-11,19H2,1-2H3. The molecular weight excluding hydrogens is 268 g/mol. The molecule has 2 unspecified atom stereocenters. The Morgan fingerprint density at radius 1 is 1.35 bits per heavy atom. The van der Waals surface area contributed by atoms with Crippen LogP contribution in [0.2, 0.25) is 5.02 Å². The Morgan fingerprint density at radius 2 is 2.15 bits per heavy atom. The first kappa shape index (κ1) is 15.7. The van der Waals surface area contributed by atoms with Crippen molar-refractivity contribution in [2.24, 2.45) is 11.7 Å². The maximum atomic E-state index is 6.49. The Kier molecular flexibility index (Phi) is 5.74. The number of benzene rings is 1. The summed E-state index contributed by atoms with van der Waals surface area (Å²) in [6.07, 6.45) is 6.10. The molecular formula is C17H27ClN2. The van der Waals surface area contributed by atoms with Crippen LogP contribution in [0.25, 0.3) is 0 Å². The Hall–Kier alpha value is -0.730. The second-order valence-corrected chi connectivity index (χ2v) is 6.57. The van der Waals surface area contributed by atoms with Crippen LogP contribution in [-0.2, 0) is 6.42 Å². The van der Waals surface area contributed by atoms with E-state index < -0.39 is 0 Å². The van der Waals surface area contributed by atoms with Gasteiger partial charge in [-0.2, -0.15) is 0 Å². The molecule has 2 nitrogen and oxygen atoms in total. The first-order valence-corrected chi connectivity index (χ1v) is 8.27. The Labute approximate surface area is 128 Å². The lowest BCUT2D eigenvalue weighted by Crippen LogP contribution is -2.24. The molecule has 112 valence electrons. The molecule has 2 N–H and O–H groups in total. The van der Waals surface area contributed by atoms with Gasteiger partial charge in [0, 0.05) is 19.1 Å². The van der Waals surface area contributed by atoms with E-state index in [0.717, 1.165) is 30.5 Å². The van der Waals surface area contributed by atoms with Gasteiger partial charge in [0.1, 0.15) is 0 Å². The first-order chi connectivity index (χ1) is 9.60. The van der Waals surface area contributed by atoms with Gasteiger partial charge < -0.3 is 10.6 Å². The fraction of sp³-hybridized carbons (Fsp3) is 0.647. The summed E-state index contributed by atoms with van der Waals surface area (Å²) in [5.41, 5.74) is 8.28. The fourth-order valence-electron chi connectivity index (χ4n) is 3.12. The van der Waals surface area contributed by atoms with Crippen molar-refractivity contribution in [2.75, 3.05) is 18.0 Å². The van der Waals surface area contributed by atoms with Crippen LogP contribution in [0.15, 0.2) is 18.2 Å². The molecule has 0 bridgehead atoms. The SMILES string of the molecule is CCC1CCCN(c2ccc(CC(C)N)cc2Cl)CC1. The summed E-state index contributed by atoms with van der Waals surface area (Å²) < 4.78 is 0. The van der Waals surface area contributed by atoms with Crippen LogP contribution >= 0.6 is 11.6 Å². The number of nitrogens with two attached hydrogens (primary N) is 1. The summed E-state index contributed by atoms with van der Waals surface area (Å²) >= 11 is 6.49. The minimum atomic E-state index is 0.181. The van der Waals surface area contributed by atoms with Crippen molar-refractivity contribution >= 4 is 17.3 Å². The van der Waals surface area contributed by atoms with E-state index in [2.05, 4.69) is 30.0 Å². The van der Waals surface area contributed by atoms with E-state index in [4.69, 9.17) is 17.3 Å². The first-order valence-electron chi connectivity index (χ1n) is 7.89. The monoisotopic (exact) mass is 294 g/mol. The van der Waals surface area contributed by atoms with Crippen LogP contribution in [0.1, 0.15) is 45.1 Å². The van der Waals surface area contributed by atoms with Gasteiger partial charge in [0.05, 0.1) is 10.7 Å². The number of halogens is 1. The molecule has 0 aromatic heterocycles. The van der Waals surface area contributed by atoms with Crippen molar-refractivity contribution in [1.29, 1.82) is 0 Å². The number of rotatable bonds is 4. The normalized spacial score (nSPS) is 21.6. The molecule has 1 aromatic rings. The molecule has 0 amide bonds. The average Bonchev–Trinajstić information content (AvgIpc) is 2.63. The molecule has 2 rings (SSSR count). The third kappa shape index (κ3) is 4.13. The third-order valence-corrected chi connectivity index (χ3v) is 4.64. The lowest BCUT2D eigenvalue weighted by atomic mass is 9.98. The lowest BCUT2D eigenvalue weighted by molar-refractivity contribution is 0.459. The quantitative estimate of drug-likeness (QED) is 0.899. The zero-order chi connectivity index (χ0) is 14.5. The Morgan fingerprint density at radius 3 is 2.80 bits per heavy atom. The smallest absolute Gasteiger partial charge is 0.0642 e. The van der Waals surface area contributed by atoms with Crippen LogP contribution in [0.5, 0.6) is 0 Å². The molecule has 20 heavy (non-hydrogen) atoms. The topological polar surface area (TPSA) is 29.3 Å². The molecule has 0 spiro atoms. The average molecular weight is 295 g/mol. The fourth-order valence-corrected chi connectivity index (χ4v) is 3.44. The molecule has 1 fully saturated rings. The lowest BCUT2D eigenvalue weighted by Gasteiger charge is -2.24. The summed E-state index contributed by atoms with van der Waals surface area (Å²) in [6, 6.07) is 6.61. The summed E-state index contributed by atoms with van der Waals surface area (Å²) in [6.45, 7) is 6.59. The van der Waals surface area contributed by atoms with Crippen molar-refractivity contribution in [1.82, 2.24) is 0 Å². The van der Waals surface area contributed by atoms with Crippen molar-refractivity contribution < 1.29 is 0 Å². The van der Waals surface area contributed by atoms with Gasteiger partial charge in [0.25, 0.3) is 0 Å². The molecule has 3 heteroatoms.